The average molecular weight is 271 g/mol. The second kappa shape index (κ2) is 5.16. The van der Waals surface area contributed by atoms with Crippen molar-refractivity contribution in [2.75, 3.05) is 26.8 Å². The Morgan fingerprint density at radius 2 is 1.89 bits per heavy atom. The number of sulfonamides is 1. The monoisotopic (exact) mass is 271 g/mol. The Hall–Kier alpha value is -1.27. The van der Waals surface area contributed by atoms with Crippen LogP contribution in [0.1, 0.15) is 13.3 Å². The highest BCUT2D eigenvalue weighted by atomic mass is 32.2. The summed E-state index contributed by atoms with van der Waals surface area (Å²) in [6.07, 6.45) is 0.778. The molecule has 1 aromatic carbocycles. The molecule has 0 saturated heterocycles. The number of nitrogens with zero attached hydrogens (tertiary/aromatic N) is 1. The maximum absolute atomic E-state index is 12.2. The molecule has 1 heterocycles. The predicted octanol–water partition coefficient (Wildman–Crippen LogP) is 1.49. The van der Waals surface area contributed by atoms with Crippen molar-refractivity contribution >= 4 is 10.0 Å². The minimum absolute atomic E-state index is 0.239. The Bertz CT molecular complexity index is 527. The standard InChI is InChI=1S/C12H17NO4S/c1-3-6-13(2)18(14,15)10-4-5-11-12(9-10)17-8-7-16-11/h4-5,9H,3,6-8H2,1-2H3. The Morgan fingerprint density at radius 3 is 2.56 bits per heavy atom. The van der Waals surface area contributed by atoms with Crippen LogP contribution in [0, 0.1) is 0 Å². The summed E-state index contributed by atoms with van der Waals surface area (Å²) >= 11 is 0. The highest BCUT2D eigenvalue weighted by molar-refractivity contribution is 7.89. The topological polar surface area (TPSA) is 55.8 Å². The molecule has 0 bridgehead atoms. The van der Waals surface area contributed by atoms with Gasteiger partial charge in [-0.2, -0.15) is 0 Å². The lowest BCUT2D eigenvalue weighted by molar-refractivity contribution is 0.171. The zero-order chi connectivity index (χ0) is 13.2. The van der Waals surface area contributed by atoms with Gasteiger partial charge in [0.15, 0.2) is 11.5 Å². The third-order valence-electron chi connectivity index (χ3n) is 2.76. The molecule has 0 aliphatic carbocycles. The summed E-state index contributed by atoms with van der Waals surface area (Å²) < 4.78 is 36.6. The van der Waals surface area contributed by atoms with E-state index in [9.17, 15) is 8.42 Å². The van der Waals surface area contributed by atoms with Gasteiger partial charge in [0.1, 0.15) is 13.2 Å². The first-order chi connectivity index (χ1) is 8.55. The molecule has 1 aliphatic heterocycles. The largest absolute Gasteiger partial charge is 0.486 e. The smallest absolute Gasteiger partial charge is 0.242 e. The lowest BCUT2D eigenvalue weighted by Gasteiger charge is -2.20. The molecule has 1 aliphatic rings. The second-order valence-corrected chi connectivity index (χ2v) is 6.18. The zero-order valence-electron chi connectivity index (χ0n) is 10.5. The summed E-state index contributed by atoms with van der Waals surface area (Å²) in [5, 5.41) is 0. The van der Waals surface area contributed by atoms with Crippen LogP contribution in [0.5, 0.6) is 11.5 Å². The molecular weight excluding hydrogens is 254 g/mol. The van der Waals surface area contributed by atoms with Gasteiger partial charge < -0.3 is 9.47 Å². The van der Waals surface area contributed by atoms with Crippen LogP contribution in [-0.2, 0) is 10.0 Å². The first-order valence-electron chi connectivity index (χ1n) is 5.91. The third-order valence-corrected chi connectivity index (χ3v) is 4.61. The Kier molecular flexibility index (Phi) is 3.77. The molecule has 0 radical (unpaired) electrons. The van der Waals surface area contributed by atoms with E-state index in [1.165, 1.54) is 10.4 Å². The number of rotatable bonds is 4. The van der Waals surface area contributed by atoms with Gasteiger partial charge in [-0.3, -0.25) is 0 Å². The van der Waals surface area contributed by atoms with E-state index < -0.39 is 10.0 Å². The summed E-state index contributed by atoms with van der Waals surface area (Å²) in [5.41, 5.74) is 0. The molecule has 0 spiro atoms. The maximum Gasteiger partial charge on any atom is 0.242 e. The Labute approximate surface area is 107 Å². The van der Waals surface area contributed by atoms with Crippen LogP contribution in [0.25, 0.3) is 0 Å². The van der Waals surface area contributed by atoms with Crippen molar-refractivity contribution in [2.45, 2.75) is 18.2 Å². The van der Waals surface area contributed by atoms with Crippen LogP contribution in [-0.4, -0.2) is 39.5 Å². The van der Waals surface area contributed by atoms with E-state index in [1.807, 2.05) is 6.92 Å². The van der Waals surface area contributed by atoms with Crippen molar-refractivity contribution in [3.63, 3.8) is 0 Å². The van der Waals surface area contributed by atoms with Gasteiger partial charge in [-0.05, 0) is 18.6 Å². The van der Waals surface area contributed by atoms with E-state index in [4.69, 9.17) is 9.47 Å². The quantitative estimate of drug-likeness (QED) is 0.832. The van der Waals surface area contributed by atoms with Crippen LogP contribution in [0.15, 0.2) is 23.1 Å². The van der Waals surface area contributed by atoms with Crippen molar-refractivity contribution in [1.82, 2.24) is 4.31 Å². The molecule has 100 valence electrons. The van der Waals surface area contributed by atoms with Gasteiger partial charge in [-0.1, -0.05) is 6.92 Å². The Balaban J connectivity index is 2.33. The Morgan fingerprint density at radius 1 is 1.22 bits per heavy atom. The fourth-order valence-corrected chi connectivity index (χ4v) is 3.08. The van der Waals surface area contributed by atoms with E-state index in [0.29, 0.717) is 31.3 Å². The fourth-order valence-electron chi connectivity index (χ4n) is 1.80. The molecule has 18 heavy (non-hydrogen) atoms. The van der Waals surface area contributed by atoms with Crippen LogP contribution >= 0.6 is 0 Å². The van der Waals surface area contributed by atoms with Crippen molar-refractivity contribution in [3.05, 3.63) is 18.2 Å². The molecule has 0 fully saturated rings. The molecule has 1 aromatic rings. The zero-order valence-corrected chi connectivity index (χ0v) is 11.4. The van der Waals surface area contributed by atoms with Crippen molar-refractivity contribution < 1.29 is 17.9 Å². The number of benzene rings is 1. The molecule has 0 aromatic heterocycles. The summed E-state index contributed by atoms with van der Waals surface area (Å²) in [4.78, 5) is 0.239. The first-order valence-corrected chi connectivity index (χ1v) is 7.35. The van der Waals surface area contributed by atoms with Crippen molar-refractivity contribution in [1.29, 1.82) is 0 Å². The molecule has 0 amide bonds. The number of hydrogen-bond donors (Lipinski definition) is 0. The molecule has 2 rings (SSSR count). The van der Waals surface area contributed by atoms with Gasteiger partial charge >= 0.3 is 0 Å². The second-order valence-electron chi connectivity index (χ2n) is 4.13. The van der Waals surface area contributed by atoms with Crippen LogP contribution in [0.3, 0.4) is 0 Å². The SMILES string of the molecule is CCCN(C)S(=O)(=O)c1ccc2c(c1)OCCO2. The molecule has 5 nitrogen and oxygen atoms in total. The molecule has 0 unspecified atom stereocenters. The summed E-state index contributed by atoms with van der Waals surface area (Å²) in [5.74, 6) is 1.09. The predicted molar refractivity (Wildman–Crippen MR) is 67.5 cm³/mol. The fraction of sp³-hybridized carbons (Fsp3) is 0.500. The van der Waals surface area contributed by atoms with Crippen molar-refractivity contribution in [2.24, 2.45) is 0 Å². The maximum atomic E-state index is 12.2. The minimum atomic E-state index is -3.44. The van der Waals surface area contributed by atoms with Gasteiger partial charge in [-0.15, -0.1) is 0 Å². The molecular formula is C12H17NO4S. The van der Waals surface area contributed by atoms with Gasteiger partial charge in [0.05, 0.1) is 4.90 Å². The molecule has 0 N–H and O–H groups in total. The average Bonchev–Trinajstić information content (AvgIpc) is 2.38. The van der Waals surface area contributed by atoms with Gasteiger partial charge in [-0.25, -0.2) is 12.7 Å². The highest BCUT2D eigenvalue weighted by Gasteiger charge is 2.22. The molecule has 0 atom stereocenters. The van der Waals surface area contributed by atoms with Crippen molar-refractivity contribution in [3.8, 4) is 11.5 Å². The molecule has 0 saturated carbocycles. The highest BCUT2D eigenvalue weighted by Crippen LogP contribution is 2.32. The summed E-state index contributed by atoms with van der Waals surface area (Å²) in [6.45, 7) is 3.38. The minimum Gasteiger partial charge on any atom is -0.486 e. The van der Waals surface area contributed by atoms with Gasteiger partial charge in [0, 0.05) is 19.7 Å². The normalized spacial score (nSPS) is 14.8. The number of fused-ring (bicyclic) bond motifs is 1. The van der Waals surface area contributed by atoms with Crippen LogP contribution in [0.2, 0.25) is 0 Å². The van der Waals surface area contributed by atoms with Crippen LogP contribution in [0.4, 0.5) is 0 Å². The number of ether oxygens (including phenoxy) is 2. The summed E-state index contributed by atoms with van der Waals surface area (Å²) in [7, 11) is -1.86. The van der Waals surface area contributed by atoms with Crippen LogP contribution < -0.4 is 9.47 Å². The number of hydrogen-bond acceptors (Lipinski definition) is 4. The third kappa shape index (κ3) is 2.44. The lowest BCUT2D eigenvalue weighted by Crippen LogP contribution is -2.27. The van der Waals surface area contributed by atoms with E-state index >= 15 is 0 Å². The lowest BCUT2D eigenvalue weighted by atomic mass is 10.3. The molecule has 6 heteroatoms. The first kappa shape index (κ1) is 13.2. The van der Waals surface area contributed by atoms with E-state index in [-0.39, 0.29) is 4.90 Å². The van der Waals surface area contributed by atoms with Gasteiger partial charge in [0.2, 0.25) is 10.0 Å². The van der Waals surface area contributed by atoms with Gasteiger partial charge in [0.25, 0.3) is 0 Å². The van der Waals surface area contributed by atoms with E-state index in [1.54, 1.807) is 19.2 Å². The van der Waals surface area contributed by atoms with E-state index in [0.717, 1.165) is 6.42 Å². The summed E-state index contributed by atoms with van der Waals surface area (Å²) in [6, 6.07) is 4.71. The van der Waals surface area contributed by atoms with E-state index in [2.05, 4.69) is 0 Å².